The quantitative estimate of drug-likeness (QED) is 0.765. The summed E-state index contributed by atoms with van der Waals surface area (Å²) in [6.07, 6.45) is 0.940. The highest BCUT2D eigenvalue weighted by Crippen LogP contribution is 2.26. The molecule has 0 fully saturated rings. The molecule has 1 aliphatic rings. The number of nitrogens with one attached hydrogen (secondary N) is 1. The molecule has 0 saturated heterocycles. The average Bonchev–Trinajstić information content (AvgIpc) is 2.74. The van der Waals surface area contributed by atoms with Gasteiger partial charge in [-0.25, -0.2) is 0 Å². The van der Waals surface area contributed by atoms with Crippen molar-refractivity contribution in [1.82, 2.24) is 10.5 Å². The predicted octanol–water partition coefficient (Wildman–Crippen LogP) is 1.99. The van der Waals surface area contributed by atoms with E-state index in [-0.39, 0.29) is 0 Å². The number of aromatic nitrogens is 1. The van der Waals surface area contributed by atoms with Gasteiger partial charge in [-0.3, -0.25) is 0 Å². The lowest BCUT2D eigenvalue weighted by Gasteiger charge is -2.10. The molecule has 0 saturated carbocycles. The van der Waals surface area contributed by atoms with E-state index < -0.39 is 0 Å². The average molecular weight is 200 g/mol. The van der Waals surface area contributed by atoms with E-state index in [1.54, 1.807) is 0 Å². The van der Waals surface area contributed by atoms with E-state index in [0.717, 1.165) is 36.5 Å². The van der Waals surface area contributed by atoms with Gasteiger partial charge < -0.3 is 9.84 Å². The van der Waals surface area contributed by atoms with Gasteiger partial charge in [0.15, 0.2) is 0 Å². The summed E-state index contributed by atoms with van der Waals surface area (Å²) in [5.41, 5.74) is 3.33. The molecule has 0 unspecified atom stereocenters. The fraction of sp³-hybridized carbons (Fsp3) is 0.250. The monoisotopic (exact) mass is 200 g/mol. The van der Waals surface area contributed by atoms with Gasteiger partial charge in [0.05, 0.1) is 0 Å². The summed E-state index contributed by atoms with van der Waals surface area (Å²) in [5, 5.41) is 7.49. The van der Waals surface area contributed by atoms with Crippen molar-refractivity contribution < 1.29 is 4.52 Å². The molecule has 0 atom stereocenters. The molecular weight excluding hydrogens is 188 g/mol. The van der Waals surface area contributed by atoms with E-state index >= 15 is 0 Å². The third-order valence-electron chi connectivity index (χ3n) is 2.75. The Labute approximate surface area is 88.1 Å². The number of hydrogen-bond acceptors (Lipinski definition) is 3. The van der Waals surface area contributed by atoms with Gasteiger partial charge in [0.1, 0.15) is 11.5 Å². The molecule has 0 spiro atoms. The molecule has 3 nitrogen and oxygen atoms in total. The topological polar surface area (TPSA) is 38.1 Å². The normalized spacial score (nSPS) is 14.9. The van der Waals surface area contributed by atoms with Crippen LogP contribution in [0.4, 0.5) is 0 Å². The largest absolute Gasteiger partial charge is 0.360 e. The Hall–Kier alpha value is -1.61. The molecule has 1 aromatic heterocycles. The van der Waals surface area contributed by atoms with Crippen molar-refractivity contribution >= 4 is 0 Å². The maximum Gasteiger partial charge on any atom is 0.143 e. The van der Waals surface area contributed by atoms with E-state index in [9.17, 15) is 0 Å². The Bertz CT molecular complexity index is 462. The lowest BCUT2D eigenvalue weighted by molar-refractivity contribution is 0.374. The first-order chi connectivity index (χ1) is 7.45. The van der Waals surface area contributed by atoms with Crippen LogP contribution in [-0.2, 0) is 13.0 Å². The minimum Gasteiger partial charge on any atom is -0.360 e. The van der Waals surface area contributed by atoms with E-state index in [2.05, 4.69) is 22.6 Å². The van der Waals surface area contributed by atoms with Gasteiger partial charge in [-0.15, -0.1) is 0 Å². The van der Waals surface area contributed by atoms with E-state index in [4.69, 9.17) is 4.52 Å². The molecule has 2 heterocycles. The number of benzene rings is 1. The Balaban J connectivity index is 2.09. The fourth-order valence-corrected chi connectivity index (χ4v) is 1.96. The number of hydrogen-bond donors (Lipinski definition) is 1. The van der Waals surface area contributed by atoms with Crippen LogP contribution in [0.3, 0.4) is 0 Å². The third-order valence-corrected chi connectivity index (χ3v) is 2.75. The minimum absolute atomic E-state index is 0.864. The molecule has 1 aliphatic heterocycles. The van der Waals surface area contributed by atoms with E-state index in [1.165, 1.54) is 5.56 Å². The maximum absolute atomic E-state index is 5.35. The van der Waals surface area contributed by atoms with Gasteiger partial charge in [-0.05, 0) is 0 Å². The van der Waals surface area contributed by atoms with Gasteiger partial charge in [0, 0.05) is 30.6 Å². The van der Waals surface area contributed by atoms with Gasteiger partial charge >= 0.3 is 0 Å². The van der Waals surface area contributed by atoms with E-state index in [0.29, 0.717) is 0 Å². The Kier molecular flexibility index (Phi) is 2.03. The van der Waals surface area contributed by atoms with Gasteiger partial charge in [0.25, 0.3) is 0 Å². The predicted molar refractivity (Wildman–Crippen MR) is 57.3 cm³/mol. The molecule has 0 bridgehead atoms. The Morgan fingerprint density at radius 2 is 2.07 bits per heavy atom. The molecule has 0 amide bonds. The van der Waals surface area contributed by atoms with Crippen LogP contribution in [0.15, 0.2) is 34.9 Å². The standard InChI is InChI=1S/C12H12N2O/c1-2-4-9(5-3-1)12-10-8-13-7-6-11(10)15-14-12/h1-5,13H,6-8H2. The maximum atomic E-state index is 5.35. The highest BCUT2D eigenvalue weighted by Gasteiger charge is 2.19. The Morgan fingerprint density at radius 1 is 1.20 bits per heavy atom. The molecule has 0 radical (unpaired) electrons. The van der Waals surface area contributed by atoms with Crippen LogP contribution in [0.25, 0.3) is 11.3 Å². The molecule has 76 valence electrons. The zero-order chi connectivity index (χ0) is 10.1. The third kappa shape index (κ3) is 1.45. The SMILES string of the molecule is c1ccc(-c2noc3c2CNCC3)cc1. The van der Waals surface area contributed by atoms with Crippen LogP contribution in [-0.4, -0.2) is 11.7 Å². The minimum atomic E-state index is 0.864. The van der Waals surface area contributed by atoms with Crippen LogP contribution >= 0.6 is 0 Å². The van der Waals surface area contributed by atoms with Crippen LogP contribution in [0, 0.1) is 0 Å². The highest BCUT2D eigenvalue weighted by molar-refractivity contribution is 5.63. The first-order valence-corrected chi connectivity index (χ1v) is 5.19. The summed E-state index contributed by atoms with van der Waals surface area (Å²) < 4.78 is 5.35. The summed E-state index contributed by atoms with van der Waals surface area (Å²) in [5.74, 6) is 1.03. The smallest absolute Gasteiger partial charge is 0.143 e. The van der Waals surface area contributed by atoms with Crippen molar-refractivity contribution in [3.63, 3.8) is 0 Å². The number of fused-ring (bicyclic) bond motifs is 1. The van der Waals surface area contributed by atoms with Crippen LogP contribution < -0.4 is 5.32 Å². The number of rotatable bonds is 1. The molecule has 3 rings (SSSR count). The second kappa shape index (κ2) is 3.51. The van der Waals surface area contributed by atoms with Crippen LogP contribution in [0.5, 0.6) is 0 Å². The first-order valence-electron chi connectivity index (χ1n) is 5.19. The van der Waals surface area contributed by atoms with Gasteiger partial charge in [-0.1, -0.05) is 35.5 Å². The second-order valence-electron chi connectivity index (χ2n) is 3.73. The second-order valence-corrected chi connectivity index (χ2v) is 3.73. The Morgan fingerprint density at radius 3 is 2.93 bits per heavy atom. The van der Waals surface area contributed by atoms with Crippen molar-refractivity contribution in [2.45, 2.75) is 13.0 Å². The molecule has 15 heavy (non-hydrogen) atoms. The zero-order valence-electron chi connectivity index (χ0n) is 8.36. The lowest BCUT2D eigenvalue weighted by Crippen LogP contribution is -2.22. The van der Waals surface area contributed by atoms with Gasteiger partial charge in [0.2, 0.25) is 0 Å². The summed E-state index contributed by atoms with van der Waals surface area (Å²) in [6.45, 7) is 1.85. The summed E-state index contributed by atoms with van der Waals surface area (Å²) in [6, 6.07) is 10.2. The molecular formula is C12H12N2O. The van der Waals surface area contributed by atoms with Crippen LogP contribution in [0.2, 0.25) is 0 Å². The first kappa shape index (κ1) is 8.68. The zero-order valence-corrected chi connectivity index (χ0v) is 8.36. The summed E-state index contributed by atoms with van der Waals surface area (Å²) in [7, 11) is 0. The summed E-state index contributed by atoms with van der Waals surface area (Å²) in [4.78, 5) is 0. The summed E-state index contributed by atoms with van der Waals surface area (Å²) >= 11 is 0. The van der Waals surface area contributed by atoms with Crippen molar-refractivity contribution in [3.8, 4) is 11.3 Å². The van der Waals surface area contributed by atoms with Crippen molar-refractivity contribution in [2.75, 3.05) is 6.54 Å². The molecule has 3 heteroatoms. The van der Waals surface area contributed by atoms with Crippen molar-refractivity contribution in [3.05, 3.63) is 41.7 Å². The lowest BCUT2D eigenvalue weighted by atomic mass is 10.0. The van der Waals surface area contributed by atoms with Crippen molar-refractivity contribution in [2.24, 2.45) is 0 Å². The van der Waals surface area contributed by atoms with E-state index in [1.807, 2.05) is 18.2 Å². The molecule has 1 aromatic carbocycles. The van der Waals surface area contributed by atoms with Crippen molar-refractivity contribution in [1.29, 1.82) is 0 Å². The molecule has 0 aliphatic carbocycles. The molecule has 2 aromatic rings. The highest BCUT2D eigenvalue weighted by atomic mass is 16.5. The van der Waals surface area contributed by atoms with Gasteiger partial charge in [-0.2, -0.15) is 0 Å². The van der Waals surface area contributed by atoms with Crippen LogP contribution in [0.1, 0.15) is 11.3 Å². The fourth-order valence-electron chi connectivity index (χ4n) is 1.96. The molecule has 1 N–H and O–H groups in total. The number of nitrogens with zero attached hydrogens (tertiary/aromatic N) is 1.